The van der Waals surface area contributed by atoms with E-state index in [4.69, 9.17) is 4.74 Å². The topological polar surface area (TPSA) is 36.5 Å². The third-order valence-electron chi connectivity index (χ3n) is 4.08. The maximum absolute atomic E-state index is 5.40. The molecule has 1 aliphatic rings. The first-order valence-corrected chi connectivity index (χ1v) is 6.95. The molecule has 0 radical (unpaired) electrons. The Labute approximate surface area is 116 Å². The summed E-state index contributed by atoms with van der Waals surface area (Å²) in [5.41, 5.74) is 3.90. The van der Waals surface area contributed by atoms with Crippen LogP contribution in [0.25, 0.3) is 0 Å². The van der Waals surface area contributed by atoms with Crippen LogP contribution >= 0.6 is 0 Å². The lowest BCUT2D eigenvalue weighted by molar-refractivity contribution is 0.152. The van der Waals surface area contributed by atoms with E-state index in [2.05, 4.69) is 41.5 Å². The van der Waals surface area contributed by atoms with Crippen LogP contribution in [0.2, 0.25) is 0 Å². The van der Waals surface area contributed by atoms with Crippen molar-refractivity contribution >= 4 is 0 Å². The van der Waals surface area contributed by atoms with Crippen molar-refractivity contribution in [3.05, 3.63) is 28.8 Å². The molecule has 4 nitrogen and oxygen atoms in total. The minimum Gasteiger partial charge on any atom is -0.496 e. The first-order valence-electron chi connectivity index (χ1n) is 6.95. The zero-order valence-electron chi connectivity index (χ0n) is 12.4. The number of hydrogen-bond donors (Lipinski definition) is 2. The van der Waals surface area contributed by atoms with Crippen LogP contribution in [0.3, 0.4) is 0 Å². The lowest BCUT2D eigenvalue weighted by Crippen LogP contribution is -2.48. The van der Waals surface area contributed by atoms with Gasteiger partial charge in [-0.05, 0) is 43.7 Å². The number of rotatable bonds is 4. The van der Waals surface area contributed by atoms with Gasteiger partial charge in [0.15, 0.2) is 0 Å². The summed E-state index contributed by atoms with van der Waals surface area (Å²) in [6.45, 7) is 8.59. The molecule has 4 heteroatoms. The molecule has 0 aliphatic carbocycles. The van der Waals surface area contributed by atoms with Gasteiger partial charge in [0.25, 0.3) is 0 Å². The van der Waals surface area contributed by atoms with Crippen LogP contribution < -0.4 is 15.4 Å². The third kappa shape index (κ3) is 2.91. The van der Waals surface area contributed by atoms with Gasteiger partial charge < -0.3 is 15.4 Å². The van der Waals surface area contributed by atoms with E-state index in [0.717, 1.165) is 31.9 Å². The van der Waals surface area contributed by atoms with Crippen molar-refractivity contribution in [1.82, 2.24) is 15.5 Å². The molecule has 1 fully saturated rings. The first-order chi connectivity index (χ1) is 9.19. The summed E-state index contributed by atoms with van der Waals surface area (Å²) in [4.78, 5) is 2.49. The second-order valence-electron chi connectivity index (χ2n) is 5.08. The second kappa shape index (κ2) is 6.37. The average Bonchev–Trinajstić information content (AvgIpc) is 2.45. The fourth-order valence-corrected chi connectivity index (χ4v) is 2.81. The smallest absolute Gasteiger partial charge is 0.122 e. The Morgan fingerprint density at radius 2 is 1.89 bits per heavy atom. The van der Waals surface area contributed by atoms with Crippen LogP contribution in [-0.2, 0) is 0 Å². The Kier molecular flexibility index (Phi) is 4.80. The Bertz CT molecular complexity index is 428. The van der Waals surface area contributed by atoms with E-state index < -0.39 is 0 Å². The normalized spacial score (nSPS) is 18.3. The largest absolute Gasteiger partial charge is 0.496 e. The maximum atomic E-state index is 5.40. The van der Waals surface area contributed by atoms with Crippen LogP contribution in [0, 0.1) is 13.8 Å². The van der Waals surface area contributed by atoms with Gasteiger partial charge in [-0.3, -0.25) is 4.90 Å². The highest BCUT2D eigenvalue weighted by Crippen LogP contribution is 2.29. The molecular weight excluding hydrogens is 238 g/mol. The quantitative estimate of drug-likeness (QED) is 0.862. The van der Waals surface area contributed by atoms with E-state index in [1.54, 1.807) is 7.11 Å². The van der Waals surface area contributed by atoms with Gasteiger partial charge >= 0.3 is 0 Å². The van der Waals surface area contributed by atoms with E-state index in [1.807, 2.05) is 7.05 Å². The van der Waals surface area contributed by atoms with Crippen molar-refractivity contribution in [2.24, 2.45) is 0 Å². The zero-order chi connectivity index (χ0) is 13.8. The van der Waals surface area contributed by atoms with Gasteiger partial charge in [-0.25, -0.2) is 0 Å². The van der Waals surface area contributed by atoms with Crippen molar-refractivity contribution < 1.29 is 4.74 Å². The molecule has 1 unspecified atom stereocenters. The first kappa shape index (κ1) is 14.3. The van der Waals surface area contributed by atoms with Crippen LogP contribution in [-0.4, -0.2) is 45.2 Å². The maximum Gasteiger partial charge on any atom is 0.122 e. The van der Waals surface area contributed by atoms with Crippen molar-refractivity contribution in [1.29, 1.82) is 0 Å². The van der Waals surface area contributed by atoms with E-state index in [9.17, 15) is 0 Å². The van der Waals surface area contributed by atoms with Crippen LogP contribution in [0.5, 0.6) is 5.75 Å². The molecule has 106 valence electrons. The van der Waals surface area contributed by atoms with Crippen molar-refractivity contribution in [2.45, 2.75) is 20.0 Å². The van der Waals surface area contributed by atoms with Gasteiger partial charge in [-0.15, -0.1) is 0 Å². The molecule has 0 aromatic heterocycles. The molecule has 19 heavy (non-hydrogen) atoms. The molecule has 1 atom stereocenters. The number of hydrogen-bond acceptors (Lipinski definition) is 4. The molecule has 0 saturated carbocycles. The summed E-state index contributed by atoms with van der Waals surface area (Å²) in [7, 11) is 3.76. The Morgan fingerprint density at radius 3 is 2.47 bits per heavy atom. The van der Waals surface area contributed by atoms with Crippen molar-refractivity contribution in [3.63, 3.8) is 0 Å². The van der Waals surface area contributed by atoms with Crippen LogP contribution in [0.1, 0.15) is 22.9 Å². The van der Waals surface area contributed by atoms with Gasteiger partial charge in [-0.1, -0.05) is 6.07 Å². The number of benzene rings is 1. The average molecular weight is 263 g/mol. The Hall–Kier alpha value is -1.10. The summed E-state index contributed by atoms with van der Waals surface area (Å²) in [6.07, 6.45) is 0.284. The van der Waals surface area contributed by atoms with E-state index in [0.29, 0.717) is 0 Å². The van der Waals surface area contributed by atoms with E-state index in [1.165, 1.54) is 16.7 Å². The summed E-state index contributed by atoms with van der Waals surface area (Å²) in [5.74, 6) is 0.969. The van der Waals surface area contributed by atoms with Gasteiger partial charge in [0.2, 0.25) is 0 Å². The predicted molar refractivity (Wildman–Crippen MR) is 78.7 cm³/mol. The van der Waals surface area contributed by atoms with Gasteiger partial charge in [0, 0.05) is 26.2 Å². The fraction of sp³-hybridized carbons (Fsp3) is 0.600. The monoisotopic (exact) mass is 263 g/mol. The highest BCUT2D eigenvalue weighted by atomic mass is 16.5. The molecule has 1 aromatic carbocycles. The predicted octanol–water partition coefficient (Wildman–Crippen LogP) is 1.44. The standard InChI is InChI=1S/C15H25N3O/c1-11-12(2)14(19-4)6-5-13(11)15(16-3)18-9-7-17-8-10-18/h5-6,15-17H,7-10H2,1-4H3. The number of piperazine rings is 1. The highest BCUT2D eigenvalue weighted by molar-refractivity contribution is 5.44. The lowest BCUT2D eigenvalue weighted by atomic mass is 9.99. The van der Waals surface area contributed by atoms with Gasteiger partial charge in [-0.2, -0.15) is 0 Å². The lowest BCUT2D eigenvalue weighted by Gasteiger charge is -2.36. The molecule has 0 amide bonds. The number of nitrogens with zero attached hydrogens (tertiary/aromatic N) is 1. The van der Waals surface area contributed by atoms with E-state index >= 15 is 0 Å². The summed E-state index contributed by atoms with van der Waals surface area (Å²) in [5, 5.41) is 6.85. The molecule has 1 aliphatic heterocycles. The van der Waals surface area contributed by atoms with Crippen LogP contribution in [0.4, 0.5) is 0 Å². The molecular formula is C15H25N3O. The van der Waals surface area contributed by atoms with E-state index in [-0.39, 0.29) is 6.17 Å². The zero-order valence-corrected chi connectivity index (χ0v) is 12.4. The number of nitrogens with one attached hydrogen (secondary N) is 2. The van der Waals surface area contributed by atoms with Gasteiger partial charge in [0.1, 0.15) is 5.75 Å². The minimum atomic E-state index is 0.284. The summed E-state index contributed by atoms with van der Waals surface area (Å²) < 4.78 is 5.40. The second-order valence-corrected chi connectivity index (χ2v) is 5.08. The van der Waals surface area contributed by atoms with Crippen molar-refractivity contribution in [2.75, 3.05) is 40.3 Å². The third-order valence-corrected chi connectivity index (χ3v) is 4.08. The fourth-order valence-electron chi connectivity index (χ4n) is 2.81. The Morgan fingerprint density at radius 1 is 1.21 bits per heavy atom. The molecule has 1 heterocycles. The molecule has 2 rings (SSSR count). The summed E-state index contributed by atoms with van der Waals surface area (Å²) >= 11 is 0. The minimum absolute atomic E-state index is 0.284. The highest BCUT2D eigenvalue weighted by Gasteiger charge is 2.22. The van der Waals surface area contributed by atoms with Crippen molar-refractivity contribution in [3.8, 4) is 5.75 Å². The molecule has 2 N–H and O–H groups in total. The number of ether oxygens (including phenoxy) is 1. The van der Waals surface area contributed by atoms with Gasteiger partial charge in [0.05, 0.1) is 13.3 Å². The molecule has 1 aromatic rings. The molecule has 0 bridgehead atoms. The molecule has 0 spiro atoms. The SMILES string of the molecule is CNC(c1ccc(OC)c(C)c1C)N1CCNCC1. The Balaban J connectivity index is 2.30. The molecule has 1 saturated heterocycles. The number of methoxy groups -OCH3 is 1. The summed E-state index contributed by atoms with van der Waals surface area (Å²) in [6, 6.07) is 4.26. The van der Waals surface area contributed by atoms with Crippen LogP contribution in [0.15, 0.2) is 12.1 Å².